The van der Waals surface area contributed by atoms with E-state index in [-0.39, 0.29) is 17.3 Å². The normalized spacial score (nSPS) is 21.0. The largest absolute Gasteiger partial charge is 0.469 e. The van der Waals surface area contributed by atoms with Crippen molar-refractivity contribution in [1.29, 1.82) is 0 Å². The van der Waals surface area contributed by atoms with Crippen LogP contribution in [-0.2, 0) is 19.1 Å². The number of unbranched alkanes of at least 4 members (excludes halogenated alkanes) is 2. The summed E-state index contributed by atoms with van der Waals surface area (Å²) < 4.78 is 10.5. The number of allylic oxidation sites excluding steroid dienone is 3. The molecule has 0 aromatic heterocycles. The van der Waals surface area contributed by atoms with Crippen molar-refractivity contribution in [2.45, 2.75) is 57.8 Å². The highest BCUT2D eigenvalue weighted by atomic mass is 16.5. The molecule has 1 saturated carbocycles. The van der Waals surface area contributed by atoms with E-state index in [4.69, 9.17) is 4.74 Å². The number of Topliss-reactive ketones (excluding diaryl/α,β-unsaturated/α-hetero) is 1. The lowest BCUT2D eigenvalue weighted by atomic mass is 9.66. The molecular formula is C32H38O4. The fourth-order valence-electron chi connectivity index (χ4n) is 6.12. The van der Waals surface area contributed by atoms with Crippen LogP contribution < -0.4 is 0 Å². The summed E-state index contributed by atoms with van der Waals surface area (Å²) >= 11 is 0. The Labute approximate surface area is 215 Å². The zero-order valence-corrected chi connectivity index (χ0v) is 21.5. The lowest BCUT2D eigenvalue weighted by Crippen LogP contribution is -2.27. The molecule has 2 unspecified atom stereocenters. The third kappa shape index (κ3) is 5.54. The Hall–Kier alpha value is -2.98. The predicted octanol–water partition coefficient (Wildman–Crippen LogP) is 7.05. The highest BCUT2D eigenvalue weighted by Gasteiger charge is 2.56. The fraction of sp³-hybridized carbons (Fsp3) is 0.438. The van der Waals surface area contributed by atoms with Crippen LogP contribution in [0, 0.1) is 11.3 Å². The van der Waals surface area contributed by atoms with E-state index in [1.54, 1.807) is 0 Å². The van der Waals surface area contributed by atoms with Gasteiger partial charge in [-0.3, -0.25) is 9.59 Å². The number of methoxy groups -OCH3 is 1. The number of ketones is 1. The van der Waals surface area contributed by atoms with Crippen LogP contribution in [-0.4, -0.2) is 32.1 Å². The molecule has 2 aromatic rings. The SMILES string of the molecule is C=C(c1ccccc1)C12CCC(=O)C1CC(CCCCOCCCCC(=O)OC)=C2c1ccccc1. The number of carbonyl (C=O) groups excluding carboxylic acids is 2. The molecule has 190 valence electrons. The Bertz CT molecular complexity index is 1090. The predicted molar refractivity (Wildman–Crippen MR) is 144 cm³/mol. The van der Waals surface area contributed by atoms with Gasteiger partial charge >= 0.3 is 5.97 Å². The second kappa shape index (κ2) is 12.3. The minimum absolute atomic E-state index is 0.0125. The first-order chi connectivity index (χ1) is 17.6. The smallest absolute Gasteiger partial charge is 0.305 e. The van der Waals surface area contributed by atoms with Gasteiger partial charge in [-0.15, -0.1) is 0 Å². The van der Waals surface area contributed by atoms with Crippen LogP contribution in [0.2, 0.25) is 0 Å². The van der Waals surface area contributed by atoms with Gasteiger partial charge in [0.1, 0.15) is 5.78 Å². The number of benzene rings is 2. The van der Waals surface area contributed by atoms with Crippen LogP contribution >= 0.6 is 0 Å². The van der Waals surface area contributed by atoms with Crippen LogP contribution in [0.4, 0.5) is 0 Å². The molecule has 2 aliphatic rings. The number of rotatable bonds is 13. The molecule has 0 N–H and O–H groups in total. The molecule has 0 heterocycles. The van der Waals surface area contributed by atoms with Gasteiger partial charge in [-0.2, -0.15) is 0 Å². The summed E-state index contributed by atoms with van der Waals surface area (Å²) in [6.45, 7) is 6.00. The molecule has 4 nitrogen and oxygen atoms in total. The first-order valence-corrected chi connectivity index (χ1v) is 13.3. The standard InChI is InChI=1S/C32H38O4/c1-24(25-13-5-3-6-14-25)32-20-19-29(33)28(32)23-27(31(32)26-15-7-4-8-16-26)17-9-11-21-36-22-12-10-18-30(34)35-2/h3-8,13-16,28H,1,9-12,17-23H2,2H3. The number of fused-ring (bicyclic) bond motifs is 1. The molecule has 4 heteroatoms. The molecule has 4 rings (SSSR count). The van der Waals surface area contributed by atoms with E-state index in [1.165, 1.54) is 23.8 Å². The monoisotopic (exact) mass is 486 g/mol. The molecule has 1 fully saturated rings. The topological polar surface area (TPSA) is 52.6 Å². The molecule has 2 aliphatic carbocycles. The van der Waals surface area contributed by atoms with Crippen molar-refractivity contribution in [3.05, 3.63) is 83.9 Å². The fourth-order valence-corrected chi connectivity index (χ4v) is 6.12. The minimum atomic E-state index is -0.314. The maximum atomic E-state index is 13.2. The second-order valence-corrected chi connectivity index (χ2v) is 9.99. The molecule has 2 aromatic carbocycles. The van der Waals surface area contributed by atoms with E-state index >= 15 is 0 Å². The molecule has 2 atom stereocenters. The highest BCUT2D eigenvalue weighted by molar-refractivity contribution is 6.00. The Morgan fingerprint density at radius 3 is 2.33 bits per heavy atom. The summed E-state index contributed by atoms with van der Waals surface area (Å²) in [6, 6.07) is 21.0. The molecule has 0 radical (unpaired) electrons. The van der Waals surface area contributed by atoms with Gasteiger partial charge in [0.05, 0.1) is 7.11 Å². The molecule has 36 heavy (non-hydrogen) atoms. The molecule has 0 saturated heterocycles. The quantitative estimate of drug-likeness (QED) is 0.225. The van der Waals surface area contributed by atoms with Gasteiger partial charge in [0.15, 0.2) is 0 Å². The van der Waals surface area contributed by atoms with E-state index in [0.717, 1.165) is 62.7 Å². The van der Waals surface area contributed by atoms with Crippen molar-refractivity contribution in [3.8, 4) is 0 Å². The summed E-state index contributed by atoms with van der Waals surface area (Å²) in [6.07, 6.45) is 7.40. The second-order valence-electron chi connectivity index (χ2n) is 9.99. The third-order valence-electron chi connectivity index (χ3n) is 7.89. The summed E-state index contributed by atoms with van der Waals surface area (Å²) in [5.74, 6) is 0.206. The van der Waals surface area contributed by atoms with Crippen molar-refractivity contribution in [2.75, 3.05) is 20.3 Å². The number of hydrogen-bond donors (Lipinski definition) is 0. The van der Waals surface area contributed by atoms with Crippen LogP contribution in [0.25, 0.3) is 11.1 Å². The average Bonchev–Trinajstić information content (AvgIpc) is 3.42. The maximum Gasteiger partial charge on any atom is 0.305 e. The Morgan fingerprint density at radius 2 is 1.64 bits per heavy atom. The van der Waals surface area contributed by atoms with Gasteiger partial charge in [0.25, 0.3) is 0 Å². The number of esters is 1. The number of ether oxygens (including phenoxy) is 2. The molecule has 0 amide bonds. The first kappa shape index (κ1) is 26.1. The Balaban J connectivity index is 1.46. The highest BCUT2D eigenvalue weighted by Crippen LogP contribution is 2.65. The average molecular weight is 487 g/mol. The van der Waals surface area contributed by atoms with Crippen molar-refractivity contribution < 1.29 is 19.1 Å². The third-order valence-corrected chi connectivity index (χ3v) is 7.89. The van der Waals surface area contributed by atoms with Gasteiger partial charge in [-0.05, 0) is 67.2 Å². The van der Waals surface area contributed by atoms with Crippen molar-refractivity contribution >= 4 is 22.9 Å². The van der Waals surface area contributed by atoms with E-state index in [1.807, 2.05) is 6.07 Å². The Morgan fingerprint density at radius 1 is 0.972 bits per heavy atom. The lowest BCUT2D eigenvalue weighted by molar-refractivity contribution is -0.140. The maximum absolute atomic E-state index is 13.2. The zero-order valence-electron chi connectivity index (χ0n) is 21.5. The Kier molecular flexibility index (Phi) is 8.93. The number of carbonyl (C=O) groups is 2. The van der Waals surface area contributed by atoms with E-state index in [2.05, 4.69) is 65.9 Å². The van der Waals surface area contributed by atoms with E-state index < -0.39 is 0 Å². The van der Waals surface area contributed by atoms with Gasteiger partial charge in [0.2, 0.25) is 0 Å². The van der Waals surface area contributed by atoms with Gasteiger partial charge in [0, 0.05) is 37.4 Å². The summed E-state index contributed by atoms with van der Waals surface area (Å²) in [7, 11) is 1.42. The lowest BCUT2D eigenvalue weighted by Gasteiger charge is -2.35. The van der Waals surface area contributed by atoms with E-state index in [0.29, 0.717) is 25.2 Å². The van der Waals surface area contributed by atoms with Gasteiger partial charge < -0.3 is 9.47 Å². The molecule has 0 aliphatic heterocycles. The van der Waals surface area contributed by atoms with E-state index in [9.17, 15) is 9.59 Å². The summed E-state index contributed by atoms with van der Waals surface area (Å²) in [4.78, 5) is 24.3. The first-order valence-electron chi connectivity index (χ1n) is 13.3. The zero-order chi connectivity index (χ0) is 25.4. The van der Waals surface area contributed by atoms with Crippen molar-refractivity contribution in [1.82, 2.24) is 0 Å². The molecular weight excluding hydrogens is 448 g/mol. The van der Waals surface area contributed by atoms with Gasteiger partial charge in [-0.1, -0.05) is 72.8 Å². The van der Waals surface area contributed by atoms with Gasteiger partial charge in [-0.25, -0.2) is 0 Å². The van der Waals surface area contributed by atoms with Crippen LogP contribution in [0.1, 0.15) is 68.9 Å². The molecule has 0 bridgehead atoms. The van der Waals surface area contributed by atoms with Crippen LogP contribution in [0.5, 0.6) is 0 Å². The van der Waals surface area contributed by atoms with Crippen LogP contribution in [0.15, 0.2) is 72.8 Å². The summed E-state index contributed by atoms with van der Waals surface area (Å²) in [5, 5.41) is 0. The van der Waals surface area contributed by atoms with Crippen molar-refractivity contribution in [3.63, 3.8) is 0 Å². The van der Waals surface area contributed by atoms with Crippen molar-refractivity contribution in [2.24, 2.45) is 11.3 Å². The number of hydrogen-bond acceptors (Lipinski definition) is 4. The van der Waals surface area contributed by atoms with Crippen LogP contribution in [0.3, 0.4) is 0 Å². The summed E-state index contributed by atoms with van der Waals surface area (Å²) in [5.41, 5.74) is 5.88. The molecule has 0 spiro atoms. The minimum Gasteiger partial charge on any atom is -0.469 e.